The molecule has 1 atom stereocenters. The summed E-state index contributed by atoms with van der Waals surface area (Å²) in [6.45, 7) is 9.82. The molecule has 0 aliphatic heterocycles. The van der Waals surface area contributed by atoms with E-state index in [0.717, 1.165) is 41.4 Å². The zero-order chi connectivity index (χ0) is 67.0. The largest absolute Gasteiger partial charge is 0.487 e. The van der Waals surface area contributed by atoms with E-state index >= 15 is 0 Å². The molecule has 0 amide bonds. The molecule has 25 nitrogen and oxygen atoms in total. The molecule has 5 aromatic carbocycles. The molecular weight excluding hydrogens is 1290 g/mol. The highest BCUT2D eigenvalue weighted by Crippen LogP contribution is 2.31. The Bertz CT molecular complexity index is 4560. The van der Waals surface area contributed by atoms with Crippen LogP contribution in [0.3, 0.4) is 0 Å². The number of primary sulfonamides is 2. The summed E-state index contributed by atoms with van der Waals surface area (Å²) in [7, 11) is -5.85. The molecule has 6 heterocycles. The summed E-state index contributed by atoms with van der Waals surface area (Å²) in [5.74, 6) is 2.29. The van der Waals surface area contributed by atoms with Crippen LogP contribution in [-0.2, 0) is 39.9 Å². The van der Waals surface area contributed by atoms with Gasteiger partial charge < -0.3 is 49.0 Å². The summed E-state index contributed by atoms with van der Waals surface area (Å²) in [5, 5.41) is 27.4. The Balaban J connectivity index is 0.000000169. The second kappa shape index (κ2) is 31.2. The lowest BCUT2D eigenvalue weighted by Gasteiger charge is -2.20. The van der Waals surface area contributed by atoms with Crippen LogP contribution in [0.25, 0.3) is 0 Å². The summed E-state index contributed by atoms with van der Waals surface area (Å²) in [6.07, 6.45) is 3.13. The molecule has 0 aliphatic rings. The number of sulfonamides is 2. The van der Waals surface area contributed by atoms with E-state index in [4.69, 9.17) is 67.0 Å². The first kappa shape index (κ1) is 68.7. The van der Waals surface area contributed by atoms with Crippen molar-refractivity contribution >= 4 is 83.6 Å². The van der Waals surface area contributed by atoms with Gasteiger partial charge >= 0.3 is 0 Å². The van der Waals surface area contributed by atoms with Crippen LogP contribution in [0.15, 0.2) is 175 Å². The number of rotatable bonds is 19. The van der Waals surface area contributed by atoms with Crippen molar-refractivity contribution in [2.75, 3.05) is 28.3 Å². The number of aryl methyl sites for hydroxylation is 4. The predicted octanol–water partition coefficient (Wildman–Crippen LogP) is 12.1. The normalized spacial score (nSPS) is 11.4. The Labute approximate surface area is 541 Å². The monoisotopic (exact) mass is 1350 g/mol. The Hall–Kier alpha value is -10.2. The lowest BCUT2D eigenvalue weighted by molar-refractivity contribution is 0.287. The molecule has 93 heavy (non-hydrogen) atoms. The quantitative estimate of drug-likeness (QED) is 0.0371. The molecule has 1 unspecified atom stereocenters. The van der Waals surface area contributed by atoms with Gasteiger partial charge in [0.25, 0.3) is 0 Å². The maximum Gasteiger partial charge on any atom is 0.238 e. The molecule has 0 saturated heterocycles. The summed E-state index contributed by atoms with van der Waals surface area (Å²) < 4.78 is 119. The Morgan fingerprint density at radius 3 is 1.56 bits per heavy atom. The van der Waals surface area contributed by atoms with Crippen LogP contribution >= 0.6 is 23.2 Å². The zero-order valence-electron chi connectivity index (χ0n) is 50.1. The maximum atomic E-state index is 14.6. The van der Waals surface area contributed by atoms with Crippen LogP contribution in [0.1, 0.15) is 64.0 Å². The first-order valence-electron chi connectivity index (χ1n) is 27.4. The van der Waals surface area contributed by atoms with E-state index in [2.05, 4.69) is 56.0 Å². The summed E-state index contributed by atoms with van der Waals surface area (Å²) in [4.78, 5) is 24.7. The molecule has 6 aromatic heterocycles. The van der Waals surface area contributed by atoms with Crippen molar-refractivity contribution < 1.29 is 57.8 Å². The van der Waals surface area contributed by atoms with E-state index in [1.54, 1.807) is 105 Å². The number of aromatic nitrogens is 9. The van der Waals surface area contributed by atoms with Gasteiger partial charge in [0, 0.05) is 53.9 Å². The van der Waals surface area contributed by atoms with Gasteiger partial charge in [-0.05, 0) is 153 Å². The fraction of sp³-hybridized carbons (Fsp3) is 0.164. The Morgan fingerprint density at radius 1 is 0.570 bits per heavy atom. The Morgan fingerprint density at radius 2 is 1.06 bits per heavy atom. The van der Waals surface area contributed by atoms with Crippen molar-refractivity contribution in [3.63, 3.8) is 0 Å². The number of halogens is 5. The van der Waals surface area contributed by atoms with Gasteiger partial charge in [-0.15, -0.1) is 0 Å². The van der Waals surface area contributed by atoms with Gasteiger partial charge in [-0.2, -0.15) is 9.97 Å². The number of hydrogen-bond acceptors (Lipinski definition) is 23. The van der Waals surface area contributed by atoms with Crippen LogP contribution in [0.5, 0.6) is 17.2 Å². The second-order valence-electron chi connectivity index (χ2n) is 20.0. The van der Waals surface area contributed by atoms with E-state index in [0.29, 0.717) is 75.9 Å². The number of anilines is 7. The maximum absolute atomic E-state index is 14.6. The average Bonchev–Trinajstić information content (AvgIpc) is 2.18. The number of nitrogen functional groups attached to an aromatic ring is 1. The van der Waals surface area contributed by atoms with E-state index in [9.17, 15) is 30.0 Å². The van der Waals surface area contributed by atoms with Crippen LogP contribution < -0.4 is 45.8 Å². The zero-order valence-corrected chi connectivity index (χ0v) is 53.3. The van der Waals surface area contributed by atoms with Gasteiger partial charge in [0.1, 0.15) is 71.4 Å². The van der Waals surface area contributed by atoms with E-state index < -0.39 is 37.5 Å². The van der Waals surface area contributed by atoms with Crippen LogP contribution in [-0.4, -0.2) is 69.3 Å². The highest BCUT2D eigenvalue weighted by atomic mass is 35.5. The Kier molecular flexibility index (Phi) is 23.0. The van der Waals surface area contributed by atoms with Crippen LogP contribution in [0.2, 0.25) is 10.6 Å². The number of ether oxygens (including phenoxy) is 3. The molecule has 11 aromatic rings. The minimum absolute atomic E-state index is 0.0109. The second-order valence-corrected chi connectivity index (χ2v) is 23.8. The fourth-order valence-electron chi connectivity index (χ4n) is 8.15. The molecular formula is C61H58Cl2F3N15O10S2. The fourth-order valence-corrected chi connectivity index (χ4v) is 9.80. The average molecular weight is 1350 g/mol. The van der Waals surface area contributed by atoms with E-state index in [-0.39, 0.29) is 56.2 Å². The molecule has 0 bridgehead atoms. The van der Waals surface area contributed by atoms with Crippen molar-refractivity contribution in [3.05, 3.63) is 231 Å². The summed E-state index contributed by atoms with van der Waals surface area (Å²) in [5.41, 5.74) is 11.2. The molecule has 8 N–H and O–H groups in total. The lowest BCUT2D eigenvalue weighted by Crippen LogP contribution is -2.15. The molecule has 0 spiro atoms. The van der Waals surface area contributed by atoms with Crippen molar-refractivity contribution in [1.29, 1.82) is 0 Å². The topological polar surface area (TPSA) is 357 Å². The minimum Gasteiger partial charge on any atom is -0.487 e. The molecule has 0 fully saturated rings. The van der Waals surface area contributed by atoms with E-state index in [1.165, 1.54) is 24.3 Å². The third kappa shape index (κ3) is 20.4. The predicted molar refractivity (Wildman–Crippen MR) is 339 cm³/mol. The molecule has 0 radical (unpaired) electrons. The number of nitrogens with one attached hydrogen (secondary N) is 2. The van der Waals surface area contributed by atoms with Crippen molar-refractivity contribution in [1.82, 2.24) is 45.4 Å². The number of nitrogens with two attached hydrogens (primary N) is 3. The molecule has 484 valence electrons. The number of hydrogen-bond donors (Lipinski definition) is 5. The van der Waals surface area contributed by atoms with E-state index in [1.807, 2.05) is 51.1 Å². The highest BCUT2D eigenvalue weighted by molar-refractivity contribution is 7.89. The molecule has 32 heteroatoms. The first-order valence-corrected chi connectivity index (χ1v) is 31.2. The van der Waals surface area contributed by atoms with Crippen LogP contribution in [0, 0.1) is 45.1 Å². The highest BCUT2D eigenvalue weighted by Gasteiger charge is 2.19. The van der Waals surface area contributed by atoms with Gasteiger partial charge in [-0.3, -0.25) is 0 Å². The van der Waals surface area contributed by atoms with Gasteiger partial charge in [-0.25, -0.2) is 60.2 Å². The summed E-state index contributed by atoms with van der Waals surface area (Å²) >= 11 is 11.4. The molecule has 11 rings (SSSR count). The molecule has 0 aliphatic carbocycles. The molecule has 0 saturated carbocycles. The third-order valence-corrected chi connectivity index (χ3v) is 15.1. The van der Waals surface area contributed by atoms with Gasteiger partial charge in [0.2, 0.25) is 36.6 Å². The number of nitrogens with zero attached hydrogens (tertiary/aromatic N) is 10. The summed E-state index contributed by atoms with van der Waals surface area (Å²) in [6, 6.07) is 37.2. The third-order valence-electron chi connectivity index (χ3n) is 12.8. The number of benzene rings is 5. The lowest BCUT2D eigenvalue weighted by atomic mass is 9.97. The van der Waals surface area contributed by atoms with Crippen molar-refractivity contribution in [3.8, 4) is 17.2 Å². The minimum atomic E-state index is -3.90. The SMILES string of the molecule is Cc1cc(COc2ccc(C(C)c3nc(Cl)ncc3F)cc2)no1.Cc1cc(COc2ccc(N(C)c3nc(Nc4ccc(C)c(S(N)(=O)=O)c4)ncc3F)cc2)no1.Cc1cc(COc2ccc(Nc3nc(Cl)ncc3F)cc2)no1.Nc1cccc(S(N)(=O)=O)c1. The van der Waals surface area contributed by atoms with Crippen LogP contribution in [0.4, 0.5) is 53.5 Å². The van der Waals surface area contributed by atoms with Gasteiger partial charge in [0.05, 0.1) is 34.1 Å². The van der Waals surface area contributed by atoms with Crippen molar-refractivity contribution in [2.45, 2.75) is 70.1 Å². The first-order chi connectivity index (χ1) is 44.2. The van der Waals surface area contributed by atoms with Gasteiger partial charge in [0.15, 0.2) is 29.1 Å². The smallest absolute Gasteiger partial charge is 0.238 e. The van der Waals surface area contributed by atoms with Crippen molar-refractivity contribution in [2.24, 2.45) is 10.3 Å². The standard InChI is InChI=1S/C23H23FN6O4S.C17H15ClFN3O2.C15H12ClFN4O2.C6H8N2O2S/c1-14-4-5-16(11-21(14)35(25,31)32)27-23-26-12-20(24)22(28-23)30(3)18-6-8-19(9-7-18)33-13-17-10-15(2)34-29-17;1-10-7-13(22-24-10)9-23-14-5-3-12(4-6-14)11(2)16-15(19)8-20-17(18)21-16;1-9-6-11(21-23-9)8-22-12-4-2-10(3-5-12)19-14-13(17)7-18-15(16)20-14;7-5-2-1-3-6(4-5)11(8,9)10/h4-12H,13H2,1-3H3,(H2,25,31,32)(H,26,27,28);3-8,11H,9H2,1-2H3;2-7H,8H2,1H3,(H,18,19,20);1-4H,7H2,(H2,8,9,10). The van der Waals surface area contributed by atoms with Gasteiger partial charge in [-0.1, -0.05) is 46.7 Å².